The van der Waals surface area contributed by atoms with Crippen molar-refractivity contribution in [3.05, 3.63) is 50.4 Å². The topological polar surface area (TPSA) is 50.9 Å². The van der Waals surface area contributed by atoms with Crippen molar-refractivity contribution >= 4 is 34.5 Å². The number of hydrazine groups is 1. The molecule has 0 spiro atoms. The van der Waals surface area contributed by atoms with Gasteiger partial charge in [-0.3, -0.25) is 16.3 Å². The lowest BCUT2D eigenvalue weighted by atomic mass is 10.1. The number of aromatic nitrogens is 1. The molecule has 0 aromatic carbocycles. The van der Waals surface area contributed by atoms with Gasteiger partial charge < -0.3 is 0 Å². The van der Waals surface area contributed by atoms with Crippen molar-refractivity contribution in [2.45, 2.75) is 12.5 Å². The second-order valence-electron chi connectivity index (χ2n) is 3.53. The van der Waals surface area contributed by atoms with E-state index in [9.17, 15) is 0 Å². The summed E-state index contributed by atoms with van der Waals surface area (Å²) in [5, 5.41) is 0.609. The summed E-state index contributed by atoms with van der Waals surface area (Å²) in [6, 6.07) is 5.69. The molecule has 1 atom stereocenters. The summed E-state index contributed by atoms with van der Waals surface area (Å²) in [5.74, 6) is 5.57. The fourth-order valence-corrected chi connectivity index (χ4v) is 2.97. The van der Waals surface area contributed by atoms with Crippen molar-refractivity contribution < 1.29 is 0 Å². The van der Waals surface area contributed by atoms with Gasteiger partial charge in [0.15, 0.2) is 0 Å². The molecule has 1 unspecified atom stereocenters. The van der Waals surface area contributed by atoms with Crippen molar-refractivity contribution in [2.24, 2.45) is 5.84 Å². The van der Waals surface area contributed by atoms with E-state index in [1.165, 1.54) is 0 Å². The van der Waals surface area contributed by atoms with Gasteiger partial charge in [-0.05, 0) is 23.8 Å². The van der Waals surface area contributed by atoms with Gasteiger partial charge in [0.05, 0.1) is 15.4 Å². The van der Waals surface area contributed by atoms with E-state index in [1.807, 2.05) is 18.2 Å². The third-order valence-electron chi connectivity index (χ3n) is 2.41. The van der Waals surface area contributed by atoms with Crippen molar-refractivity contribution in [2.75, 3.05) is 0 Å². The maximum atomic E-state index is 6.09. The van der Waals surface area contributed by atoms with Gasteiger partial charge in [0.25, 0.3) is 0 Å². The number of pyridine rings is 1. The van der Waals surface area contributed by atoms with Crippen LogP contribution in [0.4, 0.5) is 0 Å². The summed E-state index contributed by atoms with van der Waals surface area (Å²) in [6.07, 6.45) is 4.06. The Morgan fingerprint density at radius 3 is 2.76 bits per heavy atom. The van der Waals surface area contributed by atoms with Crippen molar-refractivity contribution in [1.82, 2.24) is 10.4 Å². The highest BCUT2D eigenvalue weighted by Gasteiger charge is 2.14. The number of hydrogen-bond acceptors (Lipinski definition) is 4. The van der Waals surface area contributed by atoms with Crippen molar-refractivity contribution in [3.63, 3.8) is 0 Å². The molecule has 3 nitrogen and oxygen atoms in total. The minimum Gasteiger partial charge on any atom is -0.271 e. The van der Waals surface area contributed by atoms with E-state index in [0.717, 1.165) is 21.2 Å². The summed E-state index contributed by atoms with van der Waals surface area (Å²) >= 11 is 13.5. The highest BCUT2D eigenvalue weighted by molar-refractivity contribution is 7.16. The first-order valence-corrected chi connectivity index (χ1v) is 6.57. The molecular formula is C11H11Cl2N3S. The van der Waals surface area contributed by atoms with Crippen molar-refractivity contribution in [3.8, 4) is 0 Å². The van der Waals surface area contributed by atoms with Crippen LogP contribution in [0.5, 0.6) is 0 Å². The summed E-state index contributed by atoms with van der Waals surface area (Å²) in [5.41, 5.74) is 3.71. The van der Waals surface area contributed by atoms with Crippen LogP contribution in [-0.4, -0.2) is 4.98 Å². The van der Waals surface area contributed by atoms with E-state index in [0.29, 0.717) is 5.02 Å². The van der Waals surface area contributed by atoms with Gasteiger partial charge in [0.2, 0.25) is 0 Å². The molecule has 17 heavy (non-hydrogen) atoms. The van der Waals surface area contributed by atoms with Crippen LogP contribution in [0, 0.1) is 0 Å². The van der Waals surface area contributed by atoms with E-state index in [1.54, 1.807) is 23.7 Å². The first kappa shape index (κ1) is 12.8. The highest BCUT2D eigenvalue weighted by atomic mass is 35.5. The summed E-state index contributed by atoms with van der Waals surface area (Å²) in [7, 11) is 0. The standard InChI is InChI=1S/C11H11Cl2N3S/c12-9-6-15-4-3-8(9)10(16-14)5-7-1-2-11(13)17-7/h1-4,6,10,16H,5,14H2. The fraction of sp³-hybridized carbons (Fsp3) is 0.182. The average molecular weight is 288 g/mol. The molecule has 6 heteroatoms. The molecule has 0 saturated carbocycles. The van der Waals surface area contributed by atoms with E-state index < -0.39 is 0 Å². The fourth-order valence-electron chi connectivity index (χ4n) is 1.59. The van der Waals surface area contributed by atoms with Crippen LogP contribution in [0.1, 0.15) is 16.5 Å². The number of nitrogens with zero attached hydrogens (tertiary/aromatic N) is 1. The van der Waals surface area contributed by atoms with Crippen LogP contribution < -0.4 is 11.3 Å². The number of hydrogen-bond donors (Lipinski definition) is 2. The summed E-state index contributed by atoms with van der Waals surface area (Å²) in [4.78, 5) is 5.11. The summed E-state index contributed by atoms with van der Waals surface area (Å²) in [6.45, 7) is 0. The second-order valence-corrected chi connectivity index (χ2v) is 5.73. The number of nitrogens with one attached hydrogen (secondary N) is 1. The molecule has 2 aromatic rings. The third-order valence-corrected chi connectivity index (χ3v) is 3.98. The van der Waals surface area contributed by atoms with E-state index >= 15 is 0 Å². The first-order valence-electron chi connectivity index (χ1n) is 5.00. The lowest BCUT2D eigenvalue weighted by Crippen LogP contribution is -2.29. The molecule has 2 heterocycles. The molecule has 0 aliphatic carbocycles. The molecule has 0 amide bonds. The molecule has 0 radical (unpaired) electrons. The number of nitrogens with two attached hydrogens (primary N) is 1. The Labute approximate surface area is 114 Å². The average Bonchev–Trinajstić information content (AvgIpc) is 2.73. The predicted octanol–water partition coefficient (Wildman–Crippen LogP) is 3.20. The van der Waals surface area contributed by atoms with Crippen LogP contribution in [0.2, 0.25) is 9.36 Å². The quantitative estimate of drug-likeness (QED) is 0.671. The Kier molecular flexibility index (Phi) is 4.36. The largest absolute Gasteiger partial charge is 0.271 e. The molecule has 3 N–H and O–H groups in total. The van der Waals surface area contributed by atoms with E-state index in [-0.39, 0.29) is 6.04 Å². The Hall–Kier alpha value is -0.650. The van der Waals surface area contributed by atoms with Gasteiger partial charge in [-0.2, -0.15) is 0 Å². The Bertz CT molecular complexity index is 501. The zero-order valence-electron chi connectivity index (χ0n) is 8.86. The minimum absolute atomic E-state index is 0.0415. The normalized spacial score (nSPS) is 12.6. The predicted molar refractivity (Wildman–Crippen MR) is 72.3 cm³/mol. The maximum Gasteiger partial charge on any atom is 0.0931 e. The SMILES string of the molecule is NNC(Cc1ccc(Cl)s1)c1ccncc1Cl. The number of thiophene rings is 1. The van der Waals surface area contributed by atoms with E-state index in [2.05, 4.69) is 10.4 Å². The molecule has 2 aromatic heterocycles. The smallest absolute Gasteiger partial charge is 0.0931 e. The van der Waals surface area contributed by atoms with Crippen LogP contribution in [0.25, 0.3) is 0 Å². The maximum absolute atomic E-state index is 6.09. The van der Waals surface area contributed by atoms with Crippen LogP contribution >= 0.6 is 34.5 Å². The highest BCUT2D eigenvalue weighted by Crippen LogP contribution is 2.28. The molecule has 0 aliphatic rings. The first-order chi connectivity index (χ1) is 8.20. The van der Waals surface area contributed by atoms with Gasteiger partial charge in [0, 0.05) is 23.7 Å². The molecule has 2 rings (SSSR count). The molecule has 0 bridgehead atoms. The summed E-state index contributed by atoms with van der Waals surface area (Å²) < 4.78 is 0.775. The Morgan fingerprint density at radius 1 is 1.35 bits per heavy atom. The van der Waals surface area contributed by atoms with Gasteiger partial charge >= 0.3 is 0 Å². The lowest BCUT2D eigenvalue weighted by molar-refractivity contribution is 0.555. The number of halogens is 2. The van der Waals surface area contributed by atoms with Crippen molar-refractivity contribution in [1.29, 1.82) is 0 Å². The number of rotatable bonds is 4. The molecule has 90 valence electrons. The lowest BCUT2D eigenvalue weighted by Gasteiger charge is -2.16. The van der Waals surface area contributed by atoms with Crippen LogP contribution in [0.15, 0.2) is 30.6 Å². The Balaban J connectivity index is 2.20. The molecule has 0 aliphatic heterocycles. The third kappa shape index (κ3) is 3.18. The zero-order chi connectivity index (χ0) is 12.3. The van der Waals surface area contributed by atoms with Gasteiger partial charge in [0.1, 0.15) is 0 Å². The molecule has 0 fully saturated rings. The second kappa shape index (κ2) is 5.80. The van der Waals surface area contributed by atoms with Gasteiger partial charge in [-0.1, -0.05) is 23.2 Å². The van der Waals surface area contributed by atoms with Crippen LogP contribution in [0.3, 0.4) is 0 Å². The minimum atomic E-state index is -0.0415. The van der Waals surface area contributed by atoms with Gasteiger partial charge in [-0.25, -0.2) is 0 Å². The van der Waals surface area contributed by atoms with Crippen LogP contribution in [-0.2, 0) is 6.42 Å². The molecule has 0 saturated heterocycles. The monoisotopic (exact) mass is 287 g/mol. The zero-order valence-corrected chi connectivity index (χ0v) is 11.2. The Morgan fingerprint density at radius 2 is 2.18 bits per heavy atom. The molecular weight excluding hydrogens is 277 g/mol. The van der Waals surface area contributed by atoms with Gasteiger partial charge in [-0.15, -0.1) is 11.3 Å². The van der Waals surface area contributed by atoms with E-state index in [4.69, 9.17) is 29.0 Å².